The fraction of sp³-hybridized carbons (Fsp3) is 0.182. The topological polar surface area (TPSA) is 53.6 Å². The smallest absolute Gasteiger partial charge is 0.215 e. The summed E-state index contributed by atoms with van der Waals surface area (Å²) < 4.78 is 0.375. The number of H-pyrrole nitrogens is 1. The van der Waals surface area contributed by atoms with E-state index in [2.05, 4.69) is 20.5 Å². The lowest BCUT2D eigenvalue weighted by molar-refractivity contribution is 0.914. The van der Waals surface area contributed by atoms with Crippen LogP contribution in [0.25, 0.3) is 0 Å². The number of nitrogens with one attached hydrogen (secondary N) is 2. The van der Waals surface area contributed by atoms with Crippen LogP contribution >= 0.6 is 12.2 Å². The Morgan fingerprint density at radius 2 is 1.88 bits per heavy atom. The van der Waals surface area contributed by atoms with Gasteiger partial charge in [0.25, 0.3) is 0 Å². The number of aryl methyl sites for hydroxylation is 2. The molecule has 1 heterocycles. The highest BCUT2D eigenvalue weighted by Crippen LogP contribution is 2.16. The predicted molar refractivity (Wildman–Crippen MR) is 66.4 cm³/mol. The third-order valence-corrected chi connectivity index (χ3v) is 2.37. The molecule has 0 aliphatic rings. The lowest BCUT2D eigenvalue weighted by Crippen LogP contribution is -2.00. The van der Waals surface area contributed by atoms with Gasteiger partial charge in [0, 0.05) is 5.69 Å². The van der Waals surface area contributed by atoms with Gasteiger partial charge in [-0.2, -0.15) is 10.1 Å². The van der Waals surface area contributed by atoms with Gasteiger partial charge in [-0.25, -0.2) is 0 Å². The van der Waals surface area contributed by atoms with Crippen molar-refractivity contribution < 1.29 is 0 Å². The summed E-state index contributed by atoms with van der Waals surface area (Å²) in [5, 5.41) is 9.87. The van der Waals surface area contributed by atoms with Gasteiger partial charge in [-0.05, 0) is 38.2 Å². The van der Waals surface area contributed by atoms with Crippen molar-refractivity contribution in [2.45, 2.75) is 13.8 Å². The van der Waals surface area contributed by atoms with Crippen molar-refractivity contribution in [3.05, 3.63) is 40.3 Å². The summed E-state index contributed by atoms with van der Waals surface area (Å²) >= 11 is 4.93. The molecule has 4 nitrogen and oxygen atoms in total. The largest absolute Gasteiger partial charge is 0.339 e. The molecule has 16 heavy (non-hydrogen) atoms. The van der Waals surface area contributed by atoms with Crippen molar-refractivity contribution in [3.8, 4) is 0 Å². The molecule has 2 aromatic rings. The molecule has 0 aliphatic carbocycles. The van der Waals surface area contributed by atoms with Crippen LogP contribution < -0.4 is 5.32 Å². The molecule has 0 spiro atoms. The van der Waals surface area contributed by atoms with Crippen LogP contribution in [0.4, 0.5) is 11.5 Å². The van der Waals surface area contributed by atoms with Gasteiger partial charge < -0.3 is 5.32 Å². The summed E-state index contributed by atoms with van der Waals surface area (Å²) in [6.07, 6.45) is 0. The standard InChI is InChI=1S/C11H12N4S/c1-7-3-5-9(6-4-7)12-10-8(2)14-15-11(16)13-10/h3-6H,1-2H3,(H2,12,13,15,16). The molecule has 0 fully saturated rings. The Morgan fingerprint density at radius 1 is 1.19 bits per heavy atom. The van der Waals surface area contributed by atoms with Gasteiger partial charge in [0.2, 0.25) is 4.77 Å². The summed E-state index contributed by atoms with van der Waals surface area (Å²) in [4.78, 5) is 4.18. The van der Waals surface area contributed by atoms with Crippen LogP contribution in [0, 0.1) is 18.6 Å². The fourth-order valence-corrected chi connectivity index (χ4v) is 1.42. The van der Waals surface area contributed by atoms with E-state index in [1.54, 1.807) is 0 Å². The average Bonchev–Trinajstić information content (AvgIpc) is 2.27. The lowest BCUT2D eigenvalue weighted by Gasteiger charge is -2.07. The van der Waals surface area contributed by atoms with Crippen LogP contribution in [0.3, 0.4) is 0 Å². The molecule has 0 bridgehead atoms. The molecule has 0 saturated carbocycles. The Morgan fingerprint density at radius 3 is 2.56 bits per heavy atom. The van der Waals surface area contributed by atoms with E-state index in [1.807, 2.05) is 38.1 Å². The van der Waals surface area contributed by atoms with E-state index in [9.17, 15) is 0 Å². The highest BCUT2D eigenvalue weighted by atomic mass is 32.1. The number of nitrogens with zero attached hydrogens (tertiary/aromatic N) is 2. The van der Waals surface area contributed by atoms with Crippen molar-refractivity contribution >= 4 is 23.7 Å². The van der Waals surface area contributed by atoms with E-state index in [0.29, 0.717) is 10.6 Å². The van der Waals surface area contributed by atoms with E-state index in [0.717, 1.165) is 11.4 Å². The third kappa shape index (κ3) is 2.43. The summed E-state index contributed by atoms with van der Waals surface area (Å²) in [5.74, 6) is 0.688. The molecule has 5 heteroatoms. The van der Waals surface area contributed by atoms with Gasteiger partial charge in [-0.15, -0.1) is 0 Å². The Hall–Kier alpha value is -1.75. The second kappa shape index (κ2) is 4.40. The molecule has 0 atom stereocenters. The molecule has 82 valence electrons. The van der Waals surface area contributed by atoms with Gasteiger partial charge in [0.1, 0.15) is 5.69 Å². The maximum absolute atomic E-state index is 4.93. The number of benzene rings is 1. The highest BCUT2D eigenvalue weighted by molar-refractivity contribution is 7.71. The van der Waals surface area contributed by atoms with E-state index < -0.39 is 0 Å². The van der Waals surface area contributed by atoms with Gasteiger partial charge in [0.15, 0.2) is 5.82 Å². The van der Waals surface area contributed by atoms with Crippen molar-refractivity contribution in [2.75, 3.05) is 5.32 Å². The Bertz CT molecular complexity index is 545. The van der Waals surface area contributed by atoms with Crippen molar-refractivity contribution in [1.82, 2.24) is 15.2 Å². The molecule has 2 N–H and O–H groups in total. The number of hydrogen-bond donors (Lipinski definition) is 2. The van der Waals surface area contributed by atoms with E-state index in [1.165, 1.54) is 5.56 Å². The maximum atomic E-state index is 4.93. The van der Waals surface area contributed by atoms with Crippen LogP contribution in [0.2, 0.25) is 0 Å². The monoisotopic (exact) mass is 232 g/mol. The first kappa shape index (κ1) is 10.8. The zero-order chi connectivity index (χ0) is 11.5. The summed E-state index contributed by atoms with van der Waals surface area (Å²) in [5.41, 5.74) is 2.98. The first-order chi connectivity index (χ1) is 7.65. The molecular weight excluding hydrogens is 220 g/mol. The molecule has 0 amide bonds. The molecule has 0 radical (unpaired) electrons. The average molecular weight is 232 g/mol. The van der Waals surface area contributed by atoms with Crippen LogP contribution in [0.5, 0.6) is 0 Å². The zero-order valence-corrected chi connectivity index (χ0v) is 9.93. The SMILES string of the molecule is Cc1ccc(Nc2nc(=S)[nH]nc2C)cc1. The first-order valence-corrected chi connectivity index (χ1v) is 5.33. The number of anilines is 2. The second-order valence-electron chi connectivity index (χ2n) is 3.57. The van der Waals surface area contributed by atoms with Crippen LogP contribution in [0.15, 0.2) is 24.3 Å². The van der Waals surface area contributed by atoms with Crippen molar-refractivity contribution in [2.24, 2.45) is 0 Å². The van der Waals surface area contributed by atoms with E-state index in [4.69, 9.17) is 12.2 Å². The van der Waals surface area contributed by atoms with Gasteiger partial charge in [-0.3, -0.25) is 5.10 Å². The van der Waals surface area contributed by atoms with Gasteiger partial charge in [-0.1, -0.05) is 17.7 Å². The molecule has 0 saturated heterocycles. The van der Waals surface area contributed by atoms with Crippen LogP contribution in [0.1, 0.15) is 11.3 Å². The lowest BCUT2D eigenvalue weighted by atomic mass is 10.2. The fourth-order valence-electron chi connectivity index (χ4n) is 1.28. The van der Waals surface area contributed by atoms with Gasteiger partial charge >= 0.3 is 0 Å². The zero-order valence-electron chi connectivity index (χ0n) is 9.11. The summed E-state index contributed by atoms with van der Waals surface area (Å²) in [6.45, 7) is 3.92. The summed E-state index contributed by atoms with van der Waals surface area (Å²) in [6, 6.07) is 8.07. The predicted octanol–water partition coefficient (Wildman–Crippen LogP) is 2.89. The first-order valence-electron chi connectivity index (χ1n) is 4.92. The highest BCUT2D eigenvalue weighted by Gasteiger charge is 2.01. The molecule has 2 rings (SSSR count). The Labute approximate surface area is 98.8 Å². The molecule has 0 unspecified atom stereocenters. The minimum atomic E-state index is 0.375. The maximum Gasteiger partial charge on any atom is 0.215 e. The Balaban J connectivity index is 2.30. The van der Waals surface area contributed by atoms with Crippen molar-refractivity contribution in [3.63, 3.8) is 0 Å². The number of aromatic amines is 1. The number of rotatable bonds is 2. The minimum Gasteiger partial charge on any atom is -0.339 e. The minimum absolute atomic E-state index is 0.375. The van der Waals surface area contributed by atoms with Crippen LogP contribution in [-0.4, -0.2) is 15.2 Å². The Kier molecular flexibility index (Phi) is 2.96. The second-order valence-corrected chi connectivity index (χ2v) is 3.95. The normalized spacial score (nSPS) is 10.1. The van der Waals surface area contributed by atoms with Crippen molar-refractivity contribution in [1.29, 1.82) is 0 Å². The molecule has 1 aromatic carbocycles. The van der Waals surface area contributed by atoms with Gasteiger partial charge in [0.05, 0.1) is 0 Å². The molecular formula is C11H12N4S. The van der Waals surface area contributed by atoms with E-state index >= 15 is 0 Å². The number of aromatic nitrogens is 3. The van der Waals surface area contributed by atoms with E-state index in [-0.39, 0.29) is 0 Å². The molecule has 0 aliphatic heterocycles. The summed E-state index contributed by atoms with van der Waals surface area (Å²) in [7, 11) is 0. The molecule has 1 aromatic heterocycles. The van der Waals surface area contributed by atoms with Crippen LogP contribution in [-0.2, 0) is 0 Å². The quantitative estimate of drug-likeness (QED) is 0.782. The number of hydrogen-bond acceptors (Lipinski definition) is 4. The third-order valence-electron chi connectivity index (χ3n) is 2.19.